The van der Waals surface area contributed by atoms with Gasteiger partial charge in [0.2, 0.25) is 17.7 Å². The van der Waals surface area contributed by atoms with Gasteiger partial charge in [-0.1, -0.05) is 66.2 Å². The molecule has 10 heteroatoms. The second-order valence-electron chi connectivity index (χ2n) is 11.3. The van der Waals surface area contributed by atoms with E-state index in [9.17, 15) is 24.3 Å². The van der Waals surface area contributed by atoms with Crippen molar-refractivity contribution in [3.63, 3.8) is 0 Å². The average molecular weight is 544 g/mol. The van der Waals surface area contributed by atoms with Gasteiger partial charge >= 0.3 is 5.97 Å². The van der Waals surface area contributed by atoms with Crippen molar-refractivity contribution in [2.75, 3.05) is 0 Å². The monoisotopic (exact) mass is 543 g/mol. The summed E-state index contributed by atoms with van der Waals surface area (Å²) in [6.45, 7) is 11.4. The van der Waals surface area contributed by atoms with Gasteiger partial charge in [-0.05, 0) is 42.2 Å². The van der Waals surface area contributed by atoms with E-state index in [-0.39, 0.29) is 30.6 Å². The van der Waals surface area contributed by atoms with Crippen molar-refractivity contribution in [3.8, 4) is 0 Å². The SMILES string of the molecule is CCC(C)C(N)C(=O)NC(CC(C)C)C(=O)NC(Cc1c[nH]c2ccccc12)C(=O)NC(CC(C)C)C(=O)O. The van der Waals surface area contributed by atoms with Gasteiger partial charge in [0.05, 0.1) is 6.04 Å². The van der Waals surface area contributed by atoms with E-state index in [4.69, 9.17) is 5.73 Å². The summed E-state index contributed by atoms with van der Waals surface area (Å²) in [5.74, 6) is -2.65. The van der Waals surface area contributed by atoms with Crippen molar-refractivity contribution in [1.82, 2.24) is 20.9 Å². The summed E-state index contributed by atoms with van der Waals surface area (Å²) < 4.78 is 0. The first-order chi connectivity index (χ1) is 18.3. The van der Waals surface area contributed by atoms with Gasteiger partial charge in [-0.2, -0.15) is 0 Å². The molecule has 0 aliphatic rings. The van der Waals surface area contributed by atoms with Crippen LogP contribution in [-0.4, -0.2) is 57.9 Å². The van der Waals surface area contributed by atoms with Crippen molar-refractivity contribution in [2.45, 2.75) is 91.4 Å². The van der Waals surface area contributed by atoms with E-state index in [0.717, 1.165) is 16.5 Å². The molecule has 1 aromatic heterocycles. The summed E-state index contributed by atoms with van der Waals surface area (Å²) in [6.07, 6.45) is 3.21. The number of aromatic amines is 1. The van der Waals surface area contributed by atoms with E-state index in [0.29, 0.717) is 12.8 Å². The Hall–Kier alpha value is -3.40. The Kier molecular flexibility index (Phi) is 12.0. The number of para-hydroxylation sites is 1. The third-order valence-electron chi connectivity index (χ3n) is 6.95. The Labute approximate surface area is 230 Å². The minimum absolute atomic E-state index is 0.0356. The minimum atomic E-state index is -1.14. The van der Waals surface area contributed by atoms with Crippen molar-refractivity contribution in [1.29, 1.82) is 0 Å². The summed E-state index contributed by atoms with van der Waals surface area (Å²) in [5, 5.41) is 18.7. The summed E-state index contributed by atoms with van der Waals surface area (Å²) in [6, 6.07) is 3.75. The third kappa shape index (κ3) is 9.38. The fourth-order valence-electron chi connectivity index (χ4n) is 4.45. The molecule has 10 nitrogen and oxygen atoms in total. The van der Waals surface area contributed by atoms with Crippen LogP contribution in [0.2, 0.25) is 0 Å². The number of H-pyrrole nitrogens is 1. The van der Waals surface area contributed by atoms with Gasteiger partial charge in [-0.15, -0.1) is 0 Å². The number of aliphatic carboxylic acids is 1. The van der Waals surface area contributed by atoms with E-state index < -0.39 is 47.9 Å². The van der Waals surface area contributed by atoms with Crippen LogP contribution in [0.1, 0.15) is 66.4 Å². The molecule has 216 valence electrons. The topological polar surface area (TPSA) is 166 Å². The van der Waals surface area contributed by atoms with Crippen LogP contribution in [0.4, 0.5) is 0 Å². The molecule has 0 aliphatic carbocycles. The molecule has 0 aliphatic heterocycles. The Bertz CT molecular complexity index is 1130. The number of rotatable bonds is 15. The minimum Gasteiger partial charge on any atom is -0.480 e. The molecule has 2 rings (SSSR count). The second kappa shape index (κ2) is 14.7. The van der Waals surface area contributed by atoms with E-state index in [1.807, 2.05) is 65.8 Å². The van der Waals surface area contributed by atoms with Gasteiger partial charge < -0.3 is 31.8 Å². The number of carboxylic acids is 1. The molecule has 0 bridgehead atoms. The van der Waals surface area contributed by atoms with E-state index in [1.165, 1.54) is 0 Å². The molecule has 5 unspecified atom stereocenters. The summed E-state index contributed by atoms with van der Waals surface area (Å²) in [4.78, 5) is 54.8. The lowest BCUT2D eigenvalue weighted by molar-refractivity contribution is -0.142. The highest BCUT2D eigenvalue weighted by molar-refractivity contribution is 5.95. The molecule has 5 atom stereocenters. The number of fused-ring (bicyclic) bond motifs is 1. The summed E-state index contributed by atoms with van der Waals surface area (Å²) in [7, 11) is 0. The van der Waals surface area contributed by atoms with Crippen LogP contribution in [0.15, 0.2) is 30.5 Å². The van der Waals surface area contributed by atoms with Crippen molar-refractivity contribution < 1.29 is 24.3 Å². The van der Waals surface area contributed by atoms with Crippen LogP contribution in [0, 0.1) is 17.8 Å². The molecular formula is C29H45N5O5. The van der Waals surface area contributed by atoms with Gasteiger partial charge in [0.25, 0.3) is 0 Å². The highest BCUT2D eigenvalue weighted by Gasteiger charge is 2.32. The number of carbonyl (C=O) groups is 4. The van der Waals surface area contributed by atoms with Crippen LogP contribution in [0.5, 0.6) is 0 Å². The van der Waals surface area contributed by atoms with Crippen LogP contribution < -0.4 is 21.7 Å². The molecule has 3 amide bonds. The maximum absolute atomic E-state index is 13.5. The number of nitrogens with one attached hydrogen (secondary N) is 4. The highest BCUT2D eigenvalue weighted by Crippen LogP contribution is 2.20. The third-order valence-corrected chi connectivity index (χ3v) is 6.95. The number of hydrogen-bond donors (Lipinski definition) is 6. The number of hydrogen-bond acceptors (Lipinski definition) is 5. The van der Waals surface area contributed by atoms with Crippen molar-refractivity contribution >= 4 is 34.6 Å². The highest BCUT2D eigenvalue weighted by atomic mass is 16.4. The zero-order valence-corrected chi connectivity index (χ0v) is 23.9. The number of nitrogens with two attached hydrogens (primary N) is 1. The van der Waals surface area contributed by atoms with Crippen LogP contribution in [-0.2, 0) is 25.6 Å². The lowest BCUT2D eigenvalue weighted by Gasteiger charge is -2.27. The van der Waals surface area contributed by atoms with Crippen molar-refractivity contribution in [2.24, 2.45) is 23.5 Å². The molecule has 0 spiro atoms. The predicted molar refractivity (Wildman–Crippen MR) is 152 cm³/mol. The maximum Gasteiger partial charge on any atom is 0.326 e. The second-order valence-corrected chi connectivity index (χ2v) is 11.3. The normalized spacial score (nSPS) is 15.4. The summed E-state index contributed by atoms with van der Waals surface area (Å²) in [5.41, 5.74) is 7.78. The number of aromatic nitrogens is 1. The first-order valence-electron chi connectivity index (χ1n) is 13.8. The van der Waals surface area contributed by atoms with Crippen molar-refractivity contribution in [3.05, 3.63) is 36.0 Å². The Morgan fingerprint density at radius 3 is 1.97 bits per heavy atom. The molecule has 7 N–H and O–H groups in total. The number of amides is 3. The maximum atomic E-state index is 13.5. The molecule has 0 saturated carbocycles. The lowest BCUT2D eigenvalue weighted by Crippen LogP contribution is -2.58. The fourth-order valence-corrected chi connectivity index (χ4v) is 4.45. The Balaban J connectivity index is 2.33. The summed E-state index contributed by atoms with van der Waals surface area (Å²) >= 11 is 0. The number of carboxylic acid groups (broad SMARTS) is 1. The Morgan fingerprint density at radius 2 is 1.38 bits per heavy atom. The van der Waals surface area contributed by atoms with E-state index >= 15 is 0 Å². The zero-order valence-electron chi connectivity index (χ0n) is 23.9. The van der Waals surface area contributed by atoms with Gasteiger partial charge in [0, 0.05) is 23.5 Å². The van der Waals surface area contributed by atoms with Crippen LogP contribution in [0.3, 0.4) is 0 Å². The van der Waals surface area contributed by atoms with Gasteiger partial charge in [-0.25, -0.2) is 4.79 Å². The zero-order chi connectivity index (χ0) is 29.3. The molecule has 0 fully saturated rings. The number of benzene rings is 1. The van der Waals surface area contributed by atoms with Gasteiger partial charge in [0.15, 0.2) is 0 Å². The Morgan fingerprint density at radius 1 is 0.846 bits per heavy atom. The largest absolute Gasteiger partial charge is 0.480 e. The smallest absolute Gasteiger partial charge is 0.326 e. The molecule has 1 heterocycles. The van der Waals surface area contributed by atoms with Gasteiger partial charge in [0.1, 0.15) is 18.1 Å². The quantitative estimate of drug-likeness (QED) is 0.202. The lowest BCUT2D eigenvalue weighted by atomic mass is 9.97. The molecule has 0 saturated heterocycles. The average Bonchev–Trinajstić information content (AvgIpc) is 3.28. The first-order valence-corrected chi connectivity index (χ1v) is 13.8. The molecular weight excluding hydrogens is 498 g/mol. The fraction of sp³-hybridized carbons (Fsp3) is 0.586. The van der Waals surface area contributed by atoms with E-state index in [1.54, 1.807) is 6.20 Å². The first kappa shape index (κ1) is 31.8. The standard InChI is InChI=1S/C29H45N5O5/c1-7-18(6)25(30)28(37)33-22(12-16(2)3)26(35)32-23(27(36)34-24(29(38)39)13-17(4)5)14-19-15-31-21-11-9-8-10-20(19)21/h8-11,15-18,22-25,31H,7,12-14,30H2,1-6H3,(H,32,35)(H,33,37)(H,34,36)(H,38,39). The number of carbonyl (C=O) groups excluding carboxylic acids is 3. The van der Waals surface area contributed by atoms with E-state index in [2.05, 4.69) is 20.9 Å². The molecule has 0 radical (unpaired) electrons. The van der Waals surface area contributed by atoms with Gasteiger partial charge in [-0.3, -0.25) is 14.4 Å². The predicted octanol–water partition coefficient (Wildman–Crippen LogP) is 2.72. The molecule has 1 aromatic carbocycles. The van der Waals surface area contributed by atoms with Crippen LogP contribution >= 0.6 is 0 Å². The molecule has 39 heavy (non-hydrogen) atoms. The van der Waals surface area contributed by atoms with Crippen LogP contribution in [0.25, 0.3) is 10.9 Å². The molecule has 2 aromatic rings.